The number of nitrogens with zero attached hydrogens (tertiary/aromatic N) is 2. The Kier molecular flexibility index (Phi) is 20.1. The molecule has 0 saturated carbocycles. The van der Waals surface area contributed by atoms with Crippen molar-refractivity contribution >= 4 is 47.3 Å². The van der Waals surface area contributed by atoms with Crippen molar-refractivity contribution < 1.29 is 48.4 Å². The predicted molar refractivity (Wildman–Crippen MR) is 196 cm³/mol. The second-order valence-corrected chi connectivity index (χ2v) is 12.1. The van der Waals surface area contributed by atoms with Crippen LogP contribution in [0.2, 0.25) is 0 Å². The maximum atomic E-state index is 13.5. The lowest BCUT2D eigenvalue weighted by Crippen LogP contribution is -2.56. The minimum atomic E-state index is -1.55. The summed E-state index contributed by atoms with van der Waals surface area (Å²) >= 11 is 0. The van der Waals surface area contributed by atoms with E-state index in [0.29, 0.717) is 18.4 Å². The van der Waals surface area contributed by atoms with Crippen LogP contribution in [0.1, 0.15) is 56.1 Å². The van der Waals surface area contributed by atoms with Crippen LogP contribution >= 0.6 is 0 Å². The molecule has 0 heterocycles. The molecule has 0 aliphatic carbocycles. The van der Waals surface area contributed by atoms with Crippen molar-refractivity contribution in [1.29, 1.82) is 0 Å². The van der Waals surface area contributed by atoms with Crippen molar-refractivity contribution in [3.63, 3.8) is 0 Å². The summed E-state index contributed by atoms with van der Waals surface area (Å²) in [5, 5.41) is 33.5. The monoisotopic (exact) mass is 769 g/mol. The first kappa shape index (κ1) is 44.7. The molecule has 298 valence electrons. The van der Waals surface area contributed by atoms with E-state index in [4.69, 9.17) is 16.2 Å². The predicted octanol–water partition coefficient (Wildman–Crippen LogP) is -0.382. The zero-order chi connectivity index (χ0) is 40.6. The highest BCUT2D eigenvalue weighted by atomic mass is 16.7. The molecule has 20 heteroatoms. The van der Waals surface area contributed by atoms with E-state index in [1.807, 2.05) is 30.3 Å². The molecule has 55 heavy (non-hydrogen) atoms. The molecule has 20 nitrogen and oxygen atoms in total. The quantitative estimate of drug-likeness (QED) is 0.0159. The number of rotatable bonds is 25. The van der Waals surface area contributed by atoms with Gasteiger partial charge in [-0.15, -0.1) is 0 Å². The average molecular weight is 770 g/mol. The van der Waals surface area contributed by atoms with Crippen LogP contribution in [-0.2, 0) is 46.5 Å². The van der Waals surface area contributed by atoms with Crippen LogP contribution in [0.25, 0.3) is 0 Å². The Morgan fingerprint density at radius 3 is 1.96 bits per heavy atom. The lowest BCUT2D eigenvalue weighted by Gasteiger charge is -2.23. The van der Waals surface area contributed by atoms with E-state index >= 15 is 0 Å². The molecule has 3 atom stereocenters. The van der Waals surface area contributed by atoms with Gasteiger partial charge in [-0.25, -0.2) is 14.9 Å². The molecule has 0 spiro atoms. The summed E-state index contributed by atoms with van der Waals surface area (Å²) in [7, 11) is 0. The van der Waals surface area contributed by atoms with E-state index in [2.05, 4.69) is 31.7 Å². The van der Waals surface area contributed by atoms with Crippen LogP contribution in [0.15, 0.2) is 65.8 Å². The smallest absolute Gasteiger partial charge is 0.408 e. The number of carbonyl (C=O) groups is 7. The topological polar surface area (TPSA) is 317 Å². The summed E-state index contributed by atoms with van der Waals surface area (Å²) in [6.07, 6.45) is -1.23. The van der Waals surface area contributed by atoms with E-state index in [1.165, 1.54) is 0 Å². The summed E-state index contributed by atoms with van der Waals surface area (Å²) < 4.78 is 5.15. The number of benzene rings is 2. The normalized spacial score (nSPS) is 12.6. The first-order chi connectivity index (χ1) is 26.3. The third kappa shape index (κ3) is 18.2. The Morgan fingerprint density at radius 1 is 0.745 bits per heavy atom. The zero-order valence-electron chi connectivity index (χ0n) is 30.1. The van der Waals surface area contributed by atoms with Gasteiger partial charge >= 0.3 is 12.1 Å². The number of guanidine groups is 1. The number of unbranched alkanes of at least 4 members (excludes halogenated alkanes) is 1. The number of aliphatic carboxylic acids is 1. The van der Waals surface area contributed by atoms with Gasteiger partial charge in [0.05, 0.1) is 12.1 Å². The van der Waals surface area contributed by atoms with Gasteiger partial charge in [-0.3, -0.25) is 28.8 Å². The fourth-order valence-corrected chi connectivity index (χ4v) is 4.99. The molecule has 0 radical (unpaired) electrons. The number of nitro groups is 1. The molecular weight excluding hydrogens is 722 g/mol. The van der Waals surface area contributed by atoms with Gasteiger partial charge in [-0.05, 0) is 62.6 Å². The average Bonchev–Trinajstić information content (AvgIpc) is 3.16. The summed E-state index contributed by atoms with van der Waals surface area (Å²) in [4.78, 5) is 101. The van der Waals surface area contributed by atoms with Gasteiger partial charge in [0.25, 0.3) is 17.8 Å². The van der Waals surface area contributed by atoms with Crippen LogP contribution in [0, 0.1) is 10.1 Å². The maximum Gasteiger partial charge on any atom is 0.408 e. The number of carboxylic acid groups (broad SMARTS) is 1. The third-order valence-corrected chi connectivity index (χ3v) is 7.82. The summed E-state index contributed by atoms with van der Waals surface area (Å²) in [6, 6.07) is 13.2. The van der Waals surface area contributed by atoms with E-state index in [9.17, 15) is 48.8 Å². The number of nitrogens with two attached hydrogens (primary N) is 2. The third-order valence-electron chi connectivity index (χ3n) is 7.82. The zero-order valence-corrected chi connectivity index (χ0v) is 30.1. The van der Waals surface area contributed by atoms with E-state index in [0.717, 1.165) is 5.56 Å². The first-order valence-electron chi connectivity index (χ1n) is 17.4. The van der Waals surface area contributed by atoms with Gasteiger partial charge in [-0.1, -0.05) is 60.7 Å². The number of ether oxygens (including phenoxy) is 1. The Hall–Kier alpha value is -6.44. The molecule has 0 aliphatic heterocycles. The number of hydrogen-bond donors (Lipinski definition) is 8. The van der Waals surface area contributed by atoms with Crippen LogP contribution in [0.3, 0.4) is 0 Å². The second-order valence-electron chi connectivity index (χ2n) is 12.1. The molecule has 3 unspecified atom stereocenters. The van der Waals surface area contributed by atoms with Crippen molar-refractivity contribution in [3.05, 3.63) is 81.9 Å². The highest BCUT2D eigenvalue weighted by Gasteiger charge is 2.34. The number of amides is 4. The Balaban J connectivity index is 2.19. The summed E-state index contributed by atoms with van der Waals surface area (Å²) in [6.45, 7) is 0.0809. The fraction of sp³-hybridized carbons (Fsp3) is 0.429. The Morgan fingerprint density at radius 2 is 1.35 bits per heavy atom. The number of carbonyl (C=O) groups excluding carboxylic acids is 6. The number of ketones is 2. The van der Waals surface area contributed by atoms with Gasteiger partial charge < -0.3 is 47.9 Å². The van der Waals surface area contributed by atoms with Crippen LogP contribution in [-0.4, -0.2) is 95.2 Å². The SMILES string of the molecule is NCCCCC(NC(=O)C(CCC(=O)O)NC(=O)OCc1ccccc1)C(=O)C(=O)NC(CCCN/C(N)=N/[N+](=O)[O-])C(=O)C(=O)NCCc1ccccc1. The molecule has 0 bridgehead atoms. The number of hydrogen-bond acceptors (Lipinski definition) is 11. The Bertz CT molecular complexity index is 1640. The van der Waals surface area contributed by atoms with Gasteiger partial charge in [0.1, 0.15) is 17.8 Å². The molecule has 2 aromatic rings. The van der Waals surface area contributed by atoms with E-state index in [1.54, 1.807) is 30.3 Å². The fourth-order valence-electron chi connectivity index (χ4n) is 4.99. The Labute approximate surface area is 316 Å². The highest BCUT2D eigenvalue weighted by Crippen LogP contribution is 2.08. The van der Waals surface area contributed by atoms with Crippen molar-refractivity contribution in [1.82, 2.24) is 26.6 Å². The van der Waals surface area contributed by atoms with Gasteiger partial charge in [0.2, 0.25) is 17.5 Å². The number of hydrazone groups is 1. The van der Waals surface area contributed by atoms with Gasteiger partial charge in [-0.2, -0.15) is 0 Å². The summed E-state index contributed by atoms with van der Waals surface area (Å²) in [5.41, 5.74) is 12.5. The highest BCUT2D eigenvalue weighted by molar-refractivity contribution is 6.42. The molecule has 4 amide bonds. The number of alkyl carbamates (subject to hydrolysis) is 1. The lowest BCUT2D eigenvalue weighted by atomic mass is 10.0. The molecule has 0 aliphatic rings. The van der Waals surface area contributed by atoms with Crippen LogP contribution in [0.5, 0.6) is 0 Å². The first-order valence-corrected chi connectivity index (χ1v) is 17.4. The standard InChI is InChI=1S/C35H47N9O11/c36-19-8-7-14-25(40-31(49)27(16-17-28(45)46)42-35(52)55-22-24-12-5-2-6-13-24)30(48)33(51)41-26(15-9-20-39-34(37)43-44(53)54)29(47)32(50)38-21-18-23-10-3-1-4-11-23/h1-6,10-13,25-27H,7-9,14-22,36H2,(H,38,50)(H,40,49)(H,41,51)(H,42,52)(H,45,46)(H3,37,39,43). The molecule has 10 N–H and O–H groups in total. The van der Waals surface area contributed by atoms with Crippen molar-refractivity contribution in [3.8, 4) is 0 Å². The largest absolute Gasteiger partial charge is 0.481 e. The van der Waals surface area contributed by atoms with E-state index < -0.39 is 83.3 Å². The van der Waals surface area contributed by atoms with Crippen LogP contribution < -0.4 is 38.1 Å². The number of nitrogens with one attached hydrogen (secondary N) is 5. The molecule has 2 rings (SSSR count). The summed E-state index contributed by atoms with van der Waals surface area (Å²) in [5.74, 6) is -7.43. The van der Waals surface area contributed by atoms with Crippen molar-refractivity contribution in [2.45, 2.75) is 76.1 Å². The van der Waals surface area contributed by atoms with Crippen molar-refractivity contribution in [2.24, 2.45) is 16.6 Å². The minimum Gasteiger partial charge on any atom is -0.481 e. The van der Waals surface area contributed by atoms with Crippen molar-refractivity contribution in [2.75, 3.05) is 19.6 Å². The molecule has 0 aromatic heterocycles. The van der Waals surface area contributed by atoms with Gasteiger partial charge in [0, 0.05) is 19.5 Å². The van der Waals surface area contributed by atoms with Crippen LogP contribution in [0.4, 0.5) is 4.79 Å². The van der Waals surface area contributed by atoms with E-state index in [-0.39, 0.29) is 51.9 Å². The minimum absolute atomic E-state index is 0.0179. The lowest BCUT2D eigenvalue weighted by molar-refractivity contribution is -0.485. The molecule has 2 aromatic carbocycles. The molecule has 0 fully saturated rings. The van der Waals surface area contributed by atoms with Gasteiger partial charge in [0.15, 0.2) is 5.03 Å². The number of carboxylic acids is 1. The molecular formula is C35H47N9O11. The molecule has 0 saturated heterocycles. The maximum absolute atomic E-state index is 13.5. The number of Topliss-reactive ketones (excluding diaryl/α,β-unsaturated/α-hetero) is 2. The second kappa shape index (κ2) is 24.7.